The molecule has 0 aliphatic carbocycles. The van der Waals surface area contributed by atoms with Gasteiger partial charge >= 0.3 is 0 Å². The van der Waals surface area contributed by atoms with Crippen molar-refractivity contribution in [3.63, 3.8) is 0 Å². The molecule has 6 heteroatoms. The van der Waals surface area contributed by atoms with Crippen LogP contribution >= 0.6 is 15.9 Å². The van der Waals surface area contributed by atoms with Crippen LogP contribution in [0.2, 0.25) is 0 Å². The molecule has 1 aromatic heterocycles. The Hall–Kier alpha value is -1.82. The number of aromatic amines is 1. The summed E-state index contributed by atoms with van der Waals surface area (Å²) in [4.78, 5) is 17.7. The Bertz CT molecular complexity index is 610. The van der Waals surface area contributed by atoms with Gasteiger partial charge in [0.05, 0.1) is 12.0 Å². The van der Waals surface area contributed by atoms with Gasteiger partial charge < -0.3 is 15.5 Å². The summed E-state index contributed by atoms with van der Waals surface area (Å²) in [6.07, 6.45) is 1.27. The molecule has 0 saturated carbocycles. The maximum Gasteiger partial charge on any atom is 0.268 e. The molecule has 2 rings (SSSR count). The number of nitrogens with two attached hydrogens (primary N) is 1. The molecular weight excluding hydrogens is 286 g/mol. The van der Waals surface area contributed by atoms with Gasteiger partial charge in [-0.3, -0.25) is 4.79 Å². The normalized spacial score (nSPS) is 10.2. The van der Waals surface area contributed by atoms with Crippen LogP contribution in [0.25, 0.3) is 0 Å². The molecule has 0 radical (unpaired) electrons. The number of hydrogen-bond donors (Lipinski definition) is 2. The summed E-state index contributed by atoms with van der Waals surface area (Å²) < 4.78 is 5.71. The summed E-state index contributed by atoms with van der Waals surface area (Å²) in [7, 11) is 0. The summed E-state index contributed by atoms with van der Waals surface area (Å²) in [5, 5.41) is 0. The molecule has 3 N–H and O–H groups in total. The fourth-order valence-corrected chi connectivity index (χ4v) is 1.60. The van der Waals surface area contributed by atoms with Crippen molar-refractivity contribution >= 4 is 21.6 Å². The summed E-state index contributed by atoms with van der Waals surface area (Å²) in [5.74, 6) is 0.652. The predicted molar refractivity (Wildman–Crippen MR) is 68.2 cm³/mol. The quantitative estimate of drug-likeness (QED) is 0.833. The van der Waals surface area contributed by atoms with E-state index in [-0.39, 0.29) is 15.9 Å². The molecule has 0 fully saturated rings. The van der Waals surface area contributed by atoms with Gasteiger partial charge in [-0.2, -0.15) is 0 Å². The average Bonchev–Trinajstić information content (AvgIpc) is 2.28. The fraction of sp³-hybridized carbons (Fsp3) is 0.0909. The summed E-state index contributed by atoms with van der Waals surface area (Å²) >= 11 is 3.10. The first-order valence-corrected chi connectivity index (χ1v) is 5.64. The Labute approximate surface area is 106 Å². The monoisotopic (exact) mass is 295 g/mol. The van der Waals surface area contributed by atoms with E-state index in [2.05, 4.69) is 25.9 Å². The van der Waals surface area contributed by atoms with Crippen molar-refractivity contribution in [2.45, 2.75) is 6.92 Å². The van der Waals surface area contributed by atoms with E-state index in [1.165, 1.54) is 6.33 Å². The van der Waals surface area contributed by atoms with Gasteiger partial charge in [0.1, 0.15) is 4.47 Å². The first-order chi connectivity index (χ1) is 8.08. The molecule has 0 aliphatic rings. The van der Waals surface area contributed by atoms with Crippen LogP contribution in [0.3, 0.4) is 0 Å². The number of halogens is 1. The number of anilines is 1. The Kier molecular flexibility index (Phi) is 3.14. The number of ether oxygens (including phenoxy) is 1. The molecule has 0 bridgehead atoms. The molecule has 0 spiro atoms. The molecule has 0 saturated heterocycles. The maximum atomic E-state index is 11.3. The summed E-state index contributed by atoms with van der Waals surface area (Å²) in [6.45, 7) is 1.93. The van der Waals surface area contributed by atoms with E-state index in [1.54, 1.807) is 12.1 Å². The predicted octanol–water partition coefficient (Wildman–Crippen LogP) is 2.22. The molecule has 0 unspecified atom stereocenters. The van der Waals surface area contributed by atoms with Crippen LogP contribution in [-0.2, 0) is 0 Å². The molecule has 1 aromatic carbocycles. The lowest BCUT2D eigenvalue weighted by Crippen LogP contribution is -2.08. The summed E-state index contributed by atoms with van der Waals surface area (Å²) in [5.41, 5.74) is 7.03. The van der Waals surface area contributed by atoms with Gasteiger partial charge in [0, 0.05) is 0 Å². The number of aryl methyl sites for hydroxylation is 1. The van der Waals surface area contributed by atoms with E-state index >= 15 is 0 Å². The zero-order valence-electron chi connectivity index (χ0n) is 9.03. The van der Waals surface area contributed by atoms with Gasteiger partial charge in [-0.1, -0.05) is 6.07 Å². The molecule has 1 heterocycles. The van der Waals surface area contributed by atoms with Gasteiger partial charge in [0.25, 0.3) is 5.56 Å². The molecule has 88 valence electrons. The van der Waals surface area contributed by atoms with Crippen molar-refractivity contribution in [1.29, 1.82) is 0 Å². The lowest BCUT2D eigenvalue weighted by Gasteiger charge is -2.08. The molecule has 17 heavy (non-hydrogen) atoms. The largest absolute Gasteiger partial charge is 0.435 e. The smallest absolute Gasteiger partial charge is 0.268 e. The van der Waals surface area contributed by atoms with E-state index in [0.29, 0.717) is 11.4 Å². The number of hydrogen-bond acceptors (Lipinski definition) is 4. The number of aromatic nitrogens is 2. The molecular formula is C11H10BrN3O2. The van der Waals surface area contributed by atoms with Gasteiger partial charge in [-0.05, 0) is 40.5 Å². The number of nitrogen functional groups attached to an aromatic ring is 1. The van der Waals surface area contributed by atoms with Crippen molar-refractivity contribution in [1.82, 2.24) is 9.97 Å². The molecule has 2 aromatic rings. The van der Waals surface area contributed by atoms with Crippen LogP contribution in [0.15, 0.2) is 33.8 Å². The molecule has 0 aliphatic heterocycles. The highest BCUT2D eigenvalue weighted by molar-refractivity contribution is 9.10. The van der Waals surface area contributed by atoms with Crippen LogP contribution in [0.4, 0.5) is 5.69 Å². The summed E-state index contributed by atoms with van der Waals surface area (Å²) in [6, 6.07) is 5.39. The van der Waals surface area contributed by atoms with Crippen LogP contribution in [0.5, 0.6) is 11.6 Å². The Morgan fingerprint density at radius 2 is 2.24 bits per heavy atom. The number of nitrogens with zero attached hydrogens (tertiary/aromatic N) is 1. The minimum Gasteiger partial charge on any atom is -0.435 e. The number of benzene rings is 1. The maximum absolute atomic E-state index is 11.3. The molecule has 0 amide bonds. The van der Waals surface area contributed by atoms with Gasteiger partial charge in [-0.15, -0.1) is 0 Å². The third-order valence-corrected chi connectivity index (χ3v) is 2.84. The van der Waals surface area contributed by atoms with Gasteiger partial charge in [0.2, 0.25) is 5.88 Å². The van der Waals surface area contributed by atoms with E-state index in [1.807, 2.05) is 13.0 Å². The van der Waals surface area contributed by atoms with E-state index in [9.17, 15) is 4.79 Å². The van der Waals surface area contributed by atoms with Crippen LogP contribution in [0, 0.1) is 6.92 Å². The minimum atomic E-state index is -0.305. The Balaban J connectivity index is 2.38. The average molecular weight is 296 g/mol. The highest BCUT2D eigenvalue weighted by atomic mass is 79.9. The second-order valence-corrected chi connectivity index (χ2v) is 4.29. The zero-order chi connectivity index (χ0) is 12.4. The number of rotatable bonds is 2. The van der Waals surface area contributed by atoms with Crippen molar-refractivity contribution < 1.29 is 4.74 Å². The van der Waals surface area contributed by atoms with Gasteiger partial charge in [-0.25, -0.2) is 4.98 Å². The zero-order valence-corrected chi connectivity index (χ0v) is 10.6. The van der Waals surface area contributed by atoms with Crippen molar-refractivity contribution in [2.24, 2.45) is 0 Å². The van der Waals surface area contributed by atoms with Crippen LogP contribution in [0.1, 0.15) is 5.56 Å². The molecule has 0 atom stereocenters. The third-order valence-electron chi connectivity index (χ3n) is 2.14. The topological polar surface area (TPSA) is 81.0 Å². The number of nitrogens with one attached hydrogen (secondary N) is 1. The first kappa shape index (κ1) is 11.7. The second-order valence-electron chi connectivity index (χ2n) is 3.49. The minimum absolute atomic E-state index is 0.185. The molecule has 5 nitrogen and oxygen atoms in total. The lowest BCUT2D eigenvalue weighted by atomic mass is 10.2. The standard InChI is InChI=1S/C11H10BrN3O2/c1-6-2-3-8(7(13)4-6)17-11-9(12)10(16)14-5-15-11/h2-5H,13H2,1H3,(H,14,15,16). The van der Waals surface area contributed by atoms with Crippen molar-refractivity contribution in [3.05, 3.63) is 44.9 Å². The van der Waals surface area contributed by atoms with E-state index < -0.39 is 0 Å². The van der Waals surface area contributed by atoms with Gasteiger partial charge in [0.15, 0.2) is 5.75 Å². The van der Waals surface area contributed by atoms with Crippen molar-refractivity contribution in [3.8, 4) is 11.6 Å². The lowest BCUT2D eigenvalue weighted by molar-refractivity contribution is 0.459. The fourth-order valence-electron chi connectivity index (χ4n) is 1.30. The third kappa shape index (κ3) is 2.47. The Morgan fingerprint density at radius 1 is 1.47 bits per heavy atom. The van der Waals surface area contributed by atoms with E-state index in [4.69, 9.17) is 10.5 Å². The highest BCUT2D eigenvalue weighted by Gasteiger charge is 2.09. The number of H-pyrrole nitrogens is 1. The van der Waals surface area contributed by atoms with Crippen molar-refractivity contribution in [2.75, 3.05) is 5.73 Å². The Morgan fingerprint density at radius 3 is 2.94 bits per heavy atom. The second kappa shape index (κ2) is 4.58. The highest BCUT2D eigenvalue weighted by Crippen LogP contribution is 2.29. The first-order valence-electron chi connectivity index (χ1n) is 4.85. The van der Waals surface area contributed by atoms with Crippen LogP contribution < -0.4 is 16.0 Å². The van der Waals surface area contributed by atoms with E-state index in [0.717, 1.165) is 5.56 Å². The van der Waals surface area contributed by atoms with Crippen LogP contribution in [-0.4, -0.2) is 9.97 Å². The SMILES string of the molecule is Cc1ccc(Oc2nc[nH]c(=O)c2Br)c(N)c1.